The molecule has 2 N–H and O–H groups in total. The van der Waals surface area contributed by atoms with E-state index in [2.05, 4.69) is 17.6 Å². The first kappa shape index (κ1) is 127. The molecule has 0 aliphatic carbocycles. The second-order valence-corrected chi connectivity index (χ2v) is 29.7. The molecule has 0 bridgehead atoms. The molecule has 1 aromatic rings. The predicted octanol–water partition coefficient (Wildman–Crippen LogP) is 2.75. The van der Waals surface area contributed by atoms with Crippen molar-refractivity contribution in [3.8, 4) is 0 Å². The Morgan fingerprint density at radius 1 is 0.243 bits per heavy atom. The highest BCUT2D eigenvalue weighted by Crippen LogP contribution is 2.22. The molecule has 0 saturated carbocycles. The summed E-state index contributed by atoms with van der Waals surface area (Å²) in [5.74, 6) is -1.39. The third kappa shape index (κ3) is 86.0. The molecule has 0 fully saturated rings. The number of nitrogens with zero attached hydrogens (tertiary/aromatic N) is 1. The predicted molar refractivity (Wildman–Crippen MR) is 493 cm³/mol. The summed E-state index contributed by atoms with van der Waals surface area (Å²) in [6.45, 7) is 26.7. The Morgan fingerprint density at radius 2 is 0.456 bits per heavy atom. The summed E-state index contributed by atoms with van der Waals surface area (Å²) in [6.07, 6.45) is 2.57. The molecule has 796 valence electrons. The molecule has 43 nitrogen and oxygen atoms in total. The fraction of sp³-hybridized carbons (Fsp3) is 0.871. The summed E-state index contributed by atoms with van der Waals surface area (Å²) in [7, 11) is 3.24. The topological polar surface area (TPSA) is 444 Å². The number of methoxy groups -OCH3 is 2. The summed E-state index contributed by atoms with van der Waals surface area (Å²) in [5, 5.41) is 5.88. The Balaban J connectivity index is 1.72. The largest absolute Gasteiger partial charge is 0.382 e. The van der Waals surface area contributed by atoms with Gasteiger partial charge in [0.2, 0.25) is 11.8 Å². The van der Waals surface area contributed by atoms with Crippen LogP contribution in [0.1, 0.15) is 85.4 Å². The Hall–Kier alpha value is -4.72. The average Bonchev–Trinajstić information content (AvgIpc) is 1.64. The van der Waals surface area contributed by atoms with E-state index in [-0.39, 0.29) is 154 Å². The maximum absolute atomic E-state index is 13.9. The van der Waals surface area contributed by atoms with Gasteiger partial charge >= 0.3 is 0 Å². The van der Waals surface area contributed by atoms with Gasteiger partial charge in [0.25, 0.3) is 11.8 Å². The van der Waals surface area contributed by atoms with Gasteiger partial charge in [-0.1, -0.05) is 19.1 Å². The van der Waals surface area contributed by atoms with Crippen LogP contribution < -0.4 is 10.6 Å². The Labute approximate surface area is 806 Å². The van der Waals surface area contributed by atoms with E-state index in [0.29, 0.717) is 381 Å². The first-order valence-electron chi connectivity index (χ1n) is 48.2. The number of hydrogen-bond acceptors (Lipinski definition) is 40. The molecule has 0 spiro atoms. The number of carbonyl (C=O) groups excluding carboxylic acids is 6. The first-order valence-corrected chi connectivity index (χ1v) is 48.2. The zero-order chi connectivity index (χ0) is 97.4. The van der Waals surface area contributed by atoms with Gasteiger partial charge in [0.1, 0.15) is 17.1 Å². The van der Waals surface area contributed by atoms with Gasteiger partial charge in [0, 0.05) is 79.1 Å². The number of nitrogens with one attached hydrogen (secondary N) is 2. The molecule has 1 heterocycles. The van der Waals surface area contributed by atoms with E-state index in [1.165, 1.54) is 4.90 Å². The van der Waals surface area contributed by atoms with E-state index >= 15 is 0 Å². The second-order valence-electron chi connectivity index (χ2n) is 29.7. The number of amides is 4. The Kier molecular flexibility index (Phi) is 96.6. The molecule has 1 aliphatic heterocycles. The zero-order valence-electron chi connectivity index (χ0n) is 82.0. The molecule has 43 heteroatoms. The Bertz CT molecular complexity index is 2750. The van der Waals surface area contributed by atoms with Crippen molar-refractivity contribution in [2.75, 3.05) is 463 Å². The minimum absolute atomic E-state index is 0.0154. The maximum Gasteiger partial charge on any atom is 0.261 e. The molecule has 0 aromatic heterocycles. The van der Waals surface area contributed by atoms with E-state index < -0.39 is 11.4 Å². The quantitative estimate of drug-likeness (QED) is 0.0699. The number of carbonyl (C=O) groups is 6. The van der Waals surface area contributed by atoms with Crippen LogP contribution in [0.4, 0.5) is 0 Å². The molecule has 136 heavy (non-hydrogen) atoms. The molecule has 1 unspecified atom stereocenters. The summed E-state index contributed by atoms with van der Waals surface area (Å²) < 4.78 is 190. The normalized spacial score (nSPS) is 12.6. The third-order valence-electron chi connectivity index (χ3n) is 18.4. The van der Waals surface area contributed by atoms with E-state index in [1.54, 1.807) is 38.5 Å². The number of ketones is 2. The van der Waals surface area contributed by atoms with Crippen LogP contribution in [-0.4, -0.2) is 509 Å². The van der Waals surface area contributed by atoms with Crippen molar-refractivity contribution >= 4 is 35.2 Å². The van der Waals surface area contributed by atoms with E-state index in [4.69, 9.17) is 161 Å². The number of hydrogen-bond donors (Lipinski definition) is 2. The van der Waals surface area contributed by atoms with Crippen LogP contribution in [0.25, 0.3) is 0 Å². The molecule has 2 rings (SSSR count). The highest BCUT2D eigenvalue weighted by molar-refractivity contribution is 6.21. The van der Waals surface area contributed by atoms with Crippen molar-refractivity contribution in [3.05, 3.63) is 35.4 Å². The molecular weight excluding hydrogens is 1800 g/mol. The second kappa shape index (κ2) is 103. The summed E-state index contributed by atoms with van der Waals surface area (Å²) >= 11 is 0. The van der Waals surface area contributed by atoms with Gasteiger partial charge in [-0.25, -0.2) is 0 Å². The number of benzene rings is 1. The lowest BCUT2D eigenvalue weighted by Crippen LogP contribution is -2.59. The van der Waals surface area contributed by atoms with Crippen LogP contribution in [-0.2, 0) is 180 Å². The molecule has 4 amide bonds. The molecule has 1 aromatic carbocycles. The van der Waals surface area contributed by atoms with E-state index in [1.807, 2.05) is 0 Å². The van der Waals surface area contributed by atoms with E-state index in [9.17, 15) is 28.8 Å². The van der Waals surface area contributed by atoms with Gasteiger partial charge < -0.3 is 172 Å². The summed E-state index contributed by atoms with van der Waals surface area (Å²) in [4.78, 5) is 79.2. The van der Waals surface area contributed by atoms with Crippen LogP contribution in [0, 0.1) is 0 Å². The van der Waals surface area contributed by atoms with Gasteiger partial charge in [0.15, 0.2) is 0 Å². The molecule has 1 aliphatic rings. The highest BCUT2D eigenvalue weighted by atomic mass is 16.6. The lowest BCUT2D eigenvalue weighted by Gasteiger charge is -2.34. The van der Waals surface area contributed by atoms with Crippen LogP contribution in [0.3, 0.4) is 0 Å². The lowest BCUT2D eigenvalue weighted by atomic mass is 10.0. The lowest BCUT2D eigenvalue weighted by molar-refractivity contribution is -0.131. The van der Waals surface area contributed by atoms with Crippen molar-refractivity contribution in [2.45, 2.75) is 70.3 Å². The smallest absolute Gasteiger partial charge is 0.261 e. The van der Waals surface area contributed by atoms with Crippen molar-refractivity contribution in [1.82, 2.24) is 15.5 Å². The molecule has 0 radical (unpaired) electrons. The number of fused-ring (bicyclic) bond motifs is 1. The Morgan fingerprint density at radius 3 is 0.721 bits per heavy atom. The fourth-order valence-corrected chi connectivity index (χ4v) is 11.4. The molecular formula is C93H169N3O40. The van der Waals surface area contributed by atoms with Crippen LogP contribution in [0.15, 0.2) is 24.3 Å². The van der Waals surface area contributed by atoms with Crippen LogP contribution >= 0.6 is 0 Å². The van der Waals surface area contributed by atoms with Crippen molar-refractivity contribution in [3.63, 3.8) is 0 Å². The van der Waals surface area contributed by atoms with Gasteiger partial charge in [-0.15, -0.1) is 0 Å². The van der Waals surface area contributed by atoms with Crippen molar-refractivity contribution in [1.29, 1.82) is 0 Å². The number of imide groups is 1. The summed E-state index contributed by atoms with van der Waals surface area (Å²) in [5.41, 5.74) is -0.494. The van der Waals surface area contributed by atoms with Crippen LogP contribution in [0.5, 0.6) is 0 Å². The minimum atomic E-state index is -1.34. The zero-order valence-corrected chi connectivity index (χ0v) is 82.0. The monoisotopic (exact) mass is 1970 g/mol. The number of rotatable bonds is 116. The van der Waals surface area contributed by atoms with Gasteiger partial charge in [-0.2, -0.15) is 0 Å². The highest BCUT2D eigenvalue weighted by Gasteiger charge is 2.36. The number of ether oxygens (including phenoxy) is 34. The van der Waals surface area contributed by atoms with Crippen LogP contribution in [0.2, 0.25) is 0 Å². The number of Topliss-reactive ketones (excluding diaryl/α,β-unsaturated/α-hetero) is 2. The third-order valence-corrected chi connectivity index (χ3v) is 18.4. The fourth-order valence-electron chi connectivity index (χ4n) is 11.4. The average molecular weight is 1970 g/mol. The molecule has 1 atom stereocenters. The molecule has 0 saturated heterocycles. The van der Waals surface area contributed by atoms with Crippen molar-refractivity contribution < 1.29 is 190 Å². The summed E-state index contributed by atoms with van der Waals surface area (Å²) in [6, 6.07) is 6.78. The van der Waals surface area contributed by atoms with Gasteiger partial charge in [-0.05, 0) is 31.4 Å². The first-order chi connectivity index (χ1) is 67.2. The minimum Gasteiger partial charge on any atom is -0.382 e. The van der Waals surface area contributed by atoms with E-state index in [0.717, 1.165) is 13.0 Å². The maximum atomic E-state index is 13.9. The van der Waals surface area contributed by atoms with Gasteiger partial charge in [0.05, 0.1) is 434 Å². The van der Waals surface area contributed by atoms with Crippen molar-refractivity contribution in [2.24, 2.45) is 0 Å². The standard InChI is InChI=1S/C93H169N3O40/c1-4-19-105-32-38-113-48-54-121-62-63-122-55-49-114-39-33-106-20-7-9-85(97)13-22-134-82-93(84-136-25-15-89(99)94-17-26-109-36-42-117-52-58-119-46-44-111-30-28-103-2,83-135-23-14-86(98)10-8-21-107-34-40-115-50-56-123-64-67-127-71-70-126-61-60-120-47-45-112-31-29-104-3)95-90(100)16-24-108-35-41-116-51-57-124-65-68-128-72-74-130-76-78-132-80-81-133-79-77-131-75-73-129-69-66-125-59-53-118-43-37-110-27-18-96-91(101)87-11-5-6-12-88(87)92(96)102/h5-6,11-12H,4,7-10,13-84H2,1-3H3,(H,94,99)(H,95,100). The van der Waals surface area contributed by atoms with Gasteiger partial charge in [-0.3, -0.25) is 33.7 Å². The SMILES string of the molecule is CCCOCCOCCOCCOCCOCCOCCCC(=O)CCOCC(COCCC(=O)CCCOCCOCCOCCOCCOCCOCCOCCOC)(COCCC(=O)NCCOCCOCCOCCOCCOC)NC(=O)CCOCCOCCOCCOCCOCCOCCOCCOCCOCCOCCOCCOCCN1C(=O)c2ccccc2C1=O.